The molecule has 0 aromatic carbocycles. The van der Waals surface area contributed by atoms with E-state index in [0.717, 1.165) is 18.8 Å². The van der Waals surface area contributed by atoms with Gasteiger partial charge in [-0.05, 0) is 6.54 Å². The highest BCUT2D eigenvalue weighted by atomic mass is 16.1. The fourth-order valence-electron chi connectivity index (χ4n) is 1.20. The number of hydrogen-bond donors (Lipinski definition) is 1. The van der Waals surface area contributed by atoms with Gasteiger partial charge in [-0.15, -0.1) is 0 Å². The summed E-state index contributed by atoms with van der Waals surface area (Å²) in [6.45, 7) is 4.32. The van der Waals surface area contributed by atoms with Gasteiger partial charge in [0.2, 0.25) is 0 Å². The summed E-state index contributed by atoms with van der Waals surface area (Å²) in [5, 5.41) is 7.24. The molecule has 5 nitrogen and oxygen atoms in total. The molecule has 0 aliphatic rings. The molecule has 0 saturated heterocycles. The Hall–Kier alpha value is -1.36. The Morgan fingerprint density at radius 3 is 2.80 bits per heavy atom. The van der Waals surface area contributed by atoms with Gasteiger partial charge in [0.05, 0.1) is 18.4 Å². The van der Waals surface area contributed by atoms with Crippen molar-refractivity contribution in [2.24, 2.45) is 0 Å². The summed E-state index contributed by atoms with van der Waals surface area (Å²) < 4.78 is 1.47. The minimum absolute atomic E-state index is 0.0564. The summed E-state index contributed by atoms with van der Waals surface area (Å²) in [5.74, 6) is 0. The second-order valence-electron chi connectivity index (χ2n) is 3.52. The van der Waals surface area contributed by atoms with Crippen LogP contribution in [0.25, 0.3) is 0 Å². The maximum atomic E-state index is 11.6. The summed E-state index contributed by atoms with van der Waals surface area (Å²) in [6, 6.07) is 1.60. The zero-order valence-electron chi connectivity index (χ0n) is 9.53. The average Bonchev–Trinajstić information content (AvgIpc) is 2.20. The Bertz CT molecular complexity index is 359. The lowest BCUT2D eigenvalue weighted by atomic mass is 10.4. The van der Waals surface area contributed by atoms with Gasteiger partial charge in [0.25, 0.3) is 5.56 Å². The van der Waals surface area contributed by atoms with Gasteiger partial charge in [0.15, 0.2) is 0 Å². The van der Waals surface area contributed by atoms with Crippen LogP contribution in [0.1, 0.15) is 6.92 Å². The molecule has 1 N–H and O–H groups in total. The third-order valence-corrected chi connectivity index (χ3v) is 2.12. The van der Waals surface area contributed by atoms with E-state index in [1.165, 1.54) is 4.68 Å². The van der Waals surface area contributed by atoms with Crippen LogP contribution in [0.15, 0.2) is 17.1 Å². The monoisotopic (exact) mass is 210 g/mol. The van der Waals surface area contributed by atoms with E-state index in [2.05, 4.69) is 10.4 Å². The maximum Gasteiger partial charge on any atom is 0.268 e. The van der Waals surface area contributed by atoms with E-state index in [1.807, 2.05) is 25.9 Å². The highest BCUT2D eigenvalue weighted by Crippen LogP contribution is 2.02. The highest BCUT2D eigenvalue weighted by molar-refractivity contribution is 5.40. The molecule has 0 atom stereocenters. The van der Waals surface area contributed by atoms with Crippen molar-refractivity contribution in [3.05, 3.63) is 22.6 Å². The molecule has 1 aromatic heterocycles. The lowest BCUT2D eigenvalue weighted by Crippen LogP contribution is -2.29. The molecule has 0 aliphatic heterocycles. The summed E-state index contributed by atoms with van der Waals surface area (Å²) in [6.07, 6.45) is 1.70. The normalized spacial score (nSPS) is 10.3. The molecule has 0 fully saturated rings. The average molecular weight is 210 g/mol. The molecule has 84 valence electrons. The topological polar surface area (TPSA) is 50.2 Å². The fraction of sp³-hybridized carbons (Fsp3) is 0.600. The molecular formula is C10H18N4O. The first-order chi connectivity index (χ1) is 7.15. The molecule has 5 heteroatoms. The zero-order chi connectivity index (χ0) is 11.3. The minimum Gasteiger partial charge on any atom is -0.376 e. The van der Waals surface area contributed by atoms with Gasteiger partial charge in [0, 0.05) is 26.7 Å². The van der Waals surface area contributed by atoms with Gasteiger partial charge >= 0.3 is 0 Å². The zero-order valence-corrected chi connectivity index (χ0v) is 9.53. The first-order valence-corrected chi connectivity index (χ1v) is 5.10. The third-order valence-electron chi connectivity index (χ3n) is 2.12. The van der Waals surface area contributed by atoms with Crippen LogP contribution in [0, 0.1) is 0 Å². The molecule has 0 saturated carbocycles. The van der Waals surface area contributed by atoms with Gasteiger partial charge in [-0.25, -0.2) is 4.68 Å². The quantitative estimate of drug-likeness (QED) is 0.691. The predicted molar refractivity (Wildman–Crippen MR) is 61.4 cm³/mol. The van der Waals surface area contributed by atoms with Crippen LogP contribution in [-0.2, 0) is 6.54 Å². The van der Waals surface area contributed by atoms with E-state index in [0.29, 0.717) is 6.54 Å². The number of likely N-dealkylation sites (N-methyl/N-ethyl adjacent to an activating group) is 1. The second kappa shape index (κ2) is 5.50. The first-order valence-electron chi connectivity index (χ1n) is 5.10. The van der Waals surface area contributed by atoms with Crippen LogP contribution in [0.2, 0.25) is 0 Å². The van der Waals surface area contributed by atoms with Crippen molar-refractivity contribution in [3.8, 4) is 0 Å². The molecule has 0 radical (unpaired) electrons. The summed E-state index contributed by atoms with van der Waals surface area (Å²) >= 11 is 0. The Morgan fingerprint density at radius 2 is 2.27 bits per heavy atom. The fourth-order valence-corrected chi connectivity index (χ4v) is 1.20. The molecule has 1 rings (SSSR count). The second-order valence-corrected chi connectivity index (χ2v) is 3.52. The van der Waals surface area contributed by atoms with Gasteiger partial charge in [0.1, 0.15) is 0 Å². The lowest BCUT2D eigenvalue weighted by Gasteiger charge is -2.12. The van der Waals surface area contributed by atoms with Crippen molar-refractivity contribution in [2.75, 3.05) is 32.1 Å². The Labute approximate surface area is 89.7 Å². The van der Waals surface area contributed by atoms with Crippen LogP contribution in [-0.4, -0.2) is 37.0 Å². The standard InChI is InChI=1S/C10H18N4O/c1-4-11-5-6-14-10(15)7-9(8-12-14)13(2)3/h7-8,11H,4-6H2,1-3H3. The van der Waals surface area contributed by atoms with Gasteiger partial charge in [-0.1, -0.05) is 6.92 Å². The molecule has 0 spiro atoms. The van der Waals surface area contributed by atoms with E-state index >= 15 is 0 Å². The SMILES string of the molecule is CCNCCn1ncc(N(C)C)cc1=O. The number of nitrogens with zero attached hydrogens (tertiary/aromatic N) is 3. The molecule has 0 aliphatic carbocycles. The molecule has 1 aromatic rings. The lowest BCUT2D eigenvalue weighted by molar-refractivity contribution is 0.540. The van der Waals surface area contributed by atoms with Crippen molar-refractivity contribution < 1.29 is 0 Å². The smallest absolute Gasteiger partial charge is 0.268 e. The molecule has 15 heavy (non-hydrogen) atoms. The van der Waals surface area contributed by atoms with Crippen molar-refractivity contribution in [1.29, 1.82) is 0 Å². The van der Waals surface area contributed by atoms with E-state index in [9.17, 15) is 4.79 Å². The van der Waals surface area contributed by atoms with E-state index in [4.69, 9.17) is 0 Å². The number of nitrogens with one attached hydrogen (secondary N) is 1. The van der Waals surface area contributed by atoms with Crippen LogP contribution >= 0.6 is 0 Å². The maximum absolute atomic E-state index is 11.6. The van der Waals surface area contributed by atoms with Gasteiger partial charge in [-0.2, -0.15) is 5.10 Å². The number of aromatic nitrogens is 2. The van der Waals surface area contributed by atoms with Crippen LogP contribution in [0.3, 0.4) is 0 Å². The van der Waals surface area contributed by atoms with Crippen LogP contribution in [0.5, 0.6) is 0 Å². The molecule has 0 bridgehead atoms. The van der Waals surface area contributed by atoms with Gasteiger partial charge < -0.3 is 10.2 Å². The third kappa shape index (κ3) is 3.36. The van der Waals surface area contributed by atoms with Crippen molar-refractivity contribution in [2.45, 2.75) is 13.5 Å². The summed E-state index contributed by atoms with van der Waals surface area (Å²) in [5.41, 5.74) is 0.777. The highest BCUT2D eigenvalue weighted by Gasteiger charge is 2.00. The first kappa shape index (κ1) is 11.7. The van der Waals surface area contributed by atoms with Crippen LogP contribution < -0.4 is 15.8 Å². The summed E-state index contributed by atoms with van der Waals surface area (Å²) in [4.78, 5) is 13.4. The Balaban J connectivity index is 2.71. The van der Waals surface area contributed by atoms with E-state index in [-0.39, 0.29) is 5.56 Å². The number of hydrogen-bond acceptors (Lipinski definition) is 4. The number of anilines is 1. The van der Waals surface area contributed by atoms with Crippen LogP contribution in [0.4, 0.5) is 5.69 Å². The van der Waals surface area contributed by atoms with E-state index < -0.39 is 0 Å². The largest absolute Gasteiger partial charge is 0.376 e. The molecule has 0 amide bonds. The number of rotatable bonds is 5. The van der Waals surface area contributed by atoms with Gasteiger partial charge in [-0.3, -0.25) is 4.79 Å². The predicted octanol–water partition coefficient (Wildman–Crippen LogP) is -0.0812. The van der Waals surface area contributed by atoms with Crippen molar-refractivity contribution >= 4 is 5.69 Å². The Morgan fingerprint density at radius 1 is 1.53 bits per heavy atom. The van der Waals surface area contributed by atoms with E-state index in [1.54, 1.807) is 12.3 Å². The molecule has 0 unspecified atom stereocenters. The minimum atomic E-state index is -0.0564. The van der Waals surface area contributed by atoms with Crippen molar-refractivity contribution in [3.63, 3.8) is 0 Å². The van der Waals surface area contributed by atoms with Crippen molar-refractivity contribution in [1.82, 2.24) is 15.1 Å². The molecular weight excluding hydrogens is 192 g/mol. The molecule has 1 heterocycles. The Kier molecular flexibility index (Phi) is 4.30. The summed E-state index contributed by atoms with van der Waals surface area (Å²) in [7, 11) is 3.78.